The maximum Gasteiger partial charge on any atom is 0.410 e. The van der Waals surface area contributed by atoms with Crippen LogP contribution in [0.4, 0.5) is 4.79 Å². The van der Waals surface area contributed by atoms with Gasteiger partial charge in [-0.15, -0.1) is 0 Å². The maximum atomic E-state index is 13.0. The van der Waals surface area contributed by atoms with Crippen LogP contribution in [0.5, 0.6) is 5.75 Å². The summed E-state index contributed by atoms with van der Waals surface area (Å²) in [6.45, 7) is 9.35. The summed E-state index contributed by atoms with van der Waals surface area (Å²) in [5.41, 5.74) is 2.45. The van der Waals surface area contributed by atoms with Crippen molar-refractivity contribution in [1.29, 1.82) is 0 Å². The first kappa shape index (κ1) is 29.6. The van der Waals surface area contributed by atoms with E-state index in [1.165, 1.54) is 6.07 Å². The average Bonchev–Trinajstić information content (AvgIpc) is 3.25. The number of ether oxygens (including phenoxy) is 2. The molecule has 208 valence electrons. The van der Waals surface area contributed by atoms with E-state index in [0.29, 0.717) is 42.0 Å². The van der Waals surface area contributed by atoms with Gasteiger partial charge in [0.15, 0.2) is 0 Å². The second-order valence-corrected chi connectivity index (χ2v) is 11.3. The van der Waals surface area contributed by atoms with Crippen molar-refractivity contribution < 1.29 is 24.5 Å². The molecule has 1 heterocycles. The predicted molar refractivity (Wildman–Crippen MR) is 150 cm³/mol. The minimum Gasteiger partial charge on any atom is -0.506 e. The Morgan fingerprint density at radius 1 is 1.21 bits per heavy atom. The number of hydrogen-bond donors (Lipinski definition) is 4. The number of fused-ring (bicyclic) bond motifs is 1. The van der Waals surface area contributed by atoms with Crippen molar-refractivity contribution in [3.8, 4) is 5.75 Å². The molecular formula is C28H39N3O6S. The molecule has 1 amide bonds. The molecule has 0 saturated heterocycles. The fourth-order valence-electron chi connectivity index (χ4n) is 4.25. The Balaban J connectivity index is 1.61. The zero-order valence-electron chi connectivity index (χ0n) is 22.7. The zero-order valence-corrected chi connectivity index (χ0v) is 23.6. The number of phenolic OH excluding ortho intramolecular Hbond substituents is 1. The van der Waals surface area contributed by atoms with Gasteiger partial charge in [0.25, 0.3) is 0 Å². The molecule has 0 bridgehead atoms. The van der Waals surface area contributed by atoms with Gasteiger partial charge in [-0.25, -0.2) is 4.79 Å². The standard InChI is InChI=1S/C28H39N3O6S/c1-6-20(17-36-5)31(27(35)37-28(2,3)4)16-19-9-7-8-18(14-19)12-13-29-15-23(33)21-10-11-22(32)24-25(21)38-26(34)30-24/h7-11,14,20,23,29,32-33H,6,12-13,15-17H2,1-5H3,(H,30,34)/t20-,23-/m0/s1. The lowest BCUT2D eigenvalue weighted by Gasteiger charge is -2.33. The average molecular weight is 546 g/mol. The van der Waals surface area contributed by atoms with Gasteiger partial charge in [0.2, 0.25) is 0 Å². The van der Waals surface area contributed by atoms with Crippen molar-refractivity contribution in [1.82, 2.24) is 15.2 Å². The Bertz CT molecular complexity index is 1270. The number of nitrogens with one attached hydrogen (secondary N) is 2. The summed E-state index contributed by atoms with van der Waals surface area (Å²) in [5.74, 6) is -0.0140. The first-order valence-electron chi connectivity index (χ1n) is 12.8. The highest BCUT2D eigenvalue weighted by atomic mass is 32.1. The lowest BCUT2D eigenvalue weighted by atomic mass is 10.1. The van der Waals surface area contributed by atoms with Gasteiger partial charge in [0, 0.05) is 25.8 Å². The van der Waals surface area contributed by atoms with Gasteiger partial charge >= 0.3 is 11.0 Å². The summed E-state index contributed by atoms with van der Waals surface area (Å²) < 4.78 is 11.6. The Kier molecular flexibility index (Phi) is 10.3. The molecule has 3 aromatic rings. The third-order valence-electron chi connectivity index (χ3n) is 6.12. The number of nitrogens with zero attached hydrogens (tertiary/aromatic N) is 1. The van der Waals surface area contributed by atoms with Gasteiger partial charge in [-0.3, -0.25) is 9.69 Å². The molecule has 0 spiro atoms. The number of rotatable bonds is 12. The van der Waals surface area contributed by atoms with Crippen LogP contribution in [-0.2, 0) is 22.4 Å². The number of benzene rings is 2. The van der Waals surface area contributed by atoms with E-state index in [2.05, 4.69) is 16.4 Å². The van der Waals surface area contributed by atoms with E-state index in [0.717, 1.165) is 35.3 Å². The van der Waals surface area contributed by atoms with Crippen LogP contribution in [0.3, 0.4) is 0 Å². The molecule has 2 atom stereocenters. The van der Waals surface area contributed by atoms with Crippen molar-refractivity contribution >= 4 is 27.6 Å². The van der Waals surface area contributed by atoms with Crippen LogP contribution >= 0.6 is 11.3 Å². The van der Waals surface area contributed by atoms with Gasteiger partial charge in [0.1, 0.15) is 16.9 Å². The fraction of sp³-hybridized carbons (Fsp3) is 0.500. The zero-order chi connectivity index (χ0) is 27.9. The van der Waals surface area contributed by atoms with Gasteiger partial charge in [-0.1, -0.05) is 48.6 Å². The van der Waals surface area contributed by atoms with E-state index < -0.39 is 11.7 Å². The molecule has 0 aliphatic heterocycles. The van der Waals surface area contributed by atoms with Crippen LogP contribution in [0.15, 0.2) is 41.2 Å². The fourth-order valence-corrected chi connectivity index (χ4v) is 5.17. The quantitative estimate of drug-likeness (QED) is 0.250. The van der Waals surface area contributed by atoms with Crippen LogP contribution in [0.1, 0.15) is 56.9 Å². The maximum absolute atomic E-state index is 13.0. The largest absolute Gasteiger partial charge is 0.506 e. The van der Waals surface area contributed by atoms with E-state index in [-0.39, 0.29) is 22.8 Å². The number of carbonyl (C=O) groups is 1. The topological polar surface area (TPSA) is 124 Å². The highest BCUT2D eigenvalue weighted by Crippen LogP contribution is 2.31. The van der Waals surface area contributed by atoms with E-state index in [9.17, 15) is 19.8 Å². The molecule has 38 heavy (non-hydrogen) atoms. The number of hydrogen-bond acceptors (Lipinski definition) is 8. The van der Waals surface area contributed by atoms with Crippen molar-refractivity contribution in [2.75, 3.05) is 26.8 Å². The minimum atomic E-state index is -0.829. The summed E-state index contributed by atoms with van der Waals surface area (Å²) in [5, 5.41) is 23.9. The molecule has 0 aliphatic carbocycles. The third-order valence-corrected chi connectivity index (χ3v) is 7.05. The molecule has 0 aliphatic rings. The Hall–Kier alpha value is -2.92. The first-order chi connectivity index (χ1) is 18.0. The number of amides is 1. The van der Waals surface area contributed by atoms with E-state index in [1.54, 1.807) is 18.1 Å². The highest BCUT2D eigenvalue weighted by Gasteiger charge is 2.27. The number of carbonyl (C=O) groups excluding carboxylic acids is 1. The summed E-state index contributed by atoms with van der Waals surface area (Å²) in [7, 11) is 1.63. The third kappa shape index (κ3) is 8.04. The summed E-state index contributed by atoms with van der Waals surface area (Å²) >= 11 is 0.971. The highest BCUT2D eigenvalue weighted by molar-refractivity contribution is 7.16. The van der Waals surface area contributed by atoms with E-state index in [1.807, 2.05) is 45.9 Å². The lowest BCUT2D eigenvalue weighted by Crippen LogP contribution is -2.44. The molecule has 0 radical (unpaired) electrons. The SMILES string of the molecule is CC[C@@H](COC)N(Cc1cccc(CCNC[C@H](O)c2ccc(O)c3[nH]c(=O)sc23)c1)C(=O)OC(C)(C)C. The molecule has 0 saturated carbocycles. The van der Waals surface area contributed by atoms with Crippen molar-refractivity contribution in [2.24, 2.45) is 0 Å². The molecule has 4 N–H and O–H groups in total. The van der Waals surface area contributed by atoms with E-state index in [4.69, 9.17) is 9.47 Å². The number of aromatic nitrogens is 1. The van der Waals surface area contributed by atoms with Crippen molar-refractivity contribution in [3.05, 3.63) is 62.8 Å². The summed E-state index contributed by atoms with van der Waals surface area (Å²) in [6, 6.07) is 11.1. The van der Waals surface area contributed by atoms with Crippen LogP contribution < -0.4 is 10.2 Å². The minimum absolute atomic E-state index is 0.0140. The Labute approximate surface area is 227 Å². The van der Waals surface area contributed by atoms with Gasteiger partial charge < -0.3 is 30.0 Å². The molecule has 0 unspecified atom stereocenters. The van der Waals surface area contributed by atoms with Crippen LogP contribution in [0, 0.1) is 0 Å². The van der Waals surface area contributed by atoms with Crippen molar-refractivity contribution in [3.63, 3.8) is 0 Å². The molecule has 2 aromatic carbocycles. The van der Waals surface area contributed by atoms with Crippen molar-refractivity contribution in [2.45, 2.75) is 64.8 Å². The number of thiazole rings is 1. The Morgan fingerprint density at radius 3 is 2.63 bits per heavy atom. The Morgan fingerprint density at radius 2 is 1.95 bits per heavy atom. The number of phenols is 1. The smallest absolute Gasteiger partial charge is 0.410 e. The first-order valence-corrected chi connectivity index (χ1v) is 13.6. The molecule has 9 nitrogen and oxygen atoms in total. The number of H-pyrrole nitrogens is 1. The normalized spacial score (nSPS) is 13.4. The number of aromatic amines is 1. The monoisotopic (exact) mass is 545 g/mol. The summed E-state index contributed by atoms with van der Waals surface area (Å²) in [6.07, 6.45) is 0.278. The van der Waals surface area contributed by atoms with Gasteiger partial charge in [-0.05, 0) is 57.4 Å². The van der Waals surface area contributed by atoms with Crippen LogP contribution in [-0.4, -0.2) is 64.6 Å². The molecule has 1 aromatic heterocycles. The number of aliphatic hydroxyl groups excluding tert-OH is 1. The second-order valence-electron chi connectivity index (χ2n) is 10.3. The van der Waals surface area contributed by atoms with Crippen LogP contribution in [0.25, 0.3) is 10.2 Å². The predicted octanol–water partition coefficient (Wildman–Crippen LogP) is 4.32. The molecule has 10 heteroatoms. The molecular weight excluding hydrogens is 506 g/mol. The lowest BCUT2D eigenvalue weighted by molar-refractivity contribution is 0.00277. The molecule has 3 rings (SSSR count). The number of aromatic hydroxyl groups is 1. The van der Waals surface area contributed by atoms with Gasteiger partial charge in [-0.2, -0.15) is 0 Å². The van der Waals surface area contributed by atoms with Gasteiger partial charge in [0.05, 0.1) is 23.5 Å². The number of aliphatic hydroxyl groups is 1. The number of methoxy groups -OCH3 is 1. The summed E-state index contributed by atoms with van der Waals surface area (Å²) in [4.78, 5) is 28.8. The second kappa shape index (κ2) is 13.2. The van der Waals surface area contributed by atoms with Crippen LogP contribution in [0.2, 0.25) is 0 Å². The van der Waals surface area contributed by atoms with E-state index >= 15 is 0 Å². The molecule has 0 fully saturated rings.